The molecule has 5 nitrogen and oxygen atoms in total. The zero-order chi connectivity index (χ0) is 19.3. The number of methoxy groups -OCH3 is 2. The van der Waals surface area contributed by atoms with Crippen LogP contribution in [0.1, 0.15) is 18.5 Å². The summed E-state index contributed by atoms with van der Waals surface area (Å²) in [6.45, 7) is 2.18. The molecule has 0 aliphatic carbocycles. The molecule has 26 heavy (non-hydrogen) atoms. The Morgan fingerprint density at radius 2 is 1.77 bits per heavy atom. The maximum atomic E-state index is 12.5. The standard InChI is InChI=1S/C19H22Cl2N2O3/c1-12(13-7-5-6-8-14(13)20)23(2)11-19(24)22-16-9-15(21)17(25-3)10-18(16)26-4/h5-10,12H,11H2,1-4H3,(H,22,24). The van der Waals surface area contributed by atoms with Crippen LogP contribution in [0.25, 0.3) is 0 Å². The topological polar surface area (TPSA) is 50.8 Å². The normalized spacial score (nSPS) is 12.0. The summed E-state index contributed by atoms with van der Waals surface area (Å²) in [4.78, 5) is 14.4. The second kappa shape index (κ2) is 9.12. The van der Waals surface area contributed by atoms with Gasteiger partial charge in [-0.15, -0.1) is 0 Å². The Balaban J connectivity index is 2.09. The van der Waals surface area contributed by atoms with Crippen LogP contribution in [0, 0.1) is 0 Å². The average Bonchev–Trinajstić information content (AvgIpc) is 2.61. The molecule has 0 aliphatic rings. The zero-order valence-corrected chi connectivity index (χ0v) is 16.7. The lowest BCUT2D eigenvalue weighted by Gasteiger charge is -2.25. The number of hydrogen-bond acceptors (Lipinski definition) is 4. The third-order valence-electron chi connectivity index (χ3n) is 4.16. The Bertz CT molecular complexity index is 783. The van der Waals surface area contributed by atoms with Crippen molar-refractivity contribution in [2.45, 2.75) is 13.0 Å². The average molecular weight is 397 g/mol. The Labute approximate surface area is 163 Å². The molecule has 1 N–H and O–H groups in total. The van der Waals surface area contributed by atoms with E-state index in [1.165, 1.54) is 14.2 Å². The molecule has 140 valence electrons. The molecule has 0 aliphatic heterocycles. The summed E-state index contributed by atoms with van der Waals surface area (Å²) in [5.41, 5.74) is 1.46. The number of amides is 1. The lowest BCUT2D eigenvalue weighted by molar-refractivity contribution is -0.117. The first kappa shape index (κ1) is 20.4. The highest BCUT2D eigenvalue weighted by molar-refractivity contribution is 6.32. The number of nitrogens with zero attached hydrogens (tertiary/aromatic N) is 1. The van der Waals surface area contributed by atoms with Crippen molar-refractivity contribution in [2.24, 2.45) is 0 Å². The fourth-order valence-corrected chi connectivity index (χ4v) is 3.10. The van der Waals surface area contributed by atoms with Crippen LogP contribution >= 0.6 is 23.2 Å². The van der Waals surface area contributed by atoms with Crippen molar-refractivity contribution in [2.75, 3.05) is 33.1 Å². The highest BCUT2D eigenvalue weighted by Gasteiger charge is 2.18. The molecule has 1 atom stereocenters. The lowest BCUT2D eigenvalue weighted by atomic mass is 10.1. The number of hydrogen-bond donors (Lipinski definition) is 1. The smallest absolute Gasteiger partial charge is 0.238 e. The van der Waals surface area contributed by atoms with Crippen molar-refractivity contribution in [1.82, 2.24) is 4.90 Å². The molecule has 2 aromatic carbocycles. The van der Waals surface area contributed by atoms with Gasteiger partial charge < -0.3 is 14.8 Å². The van der Waals surface area contributed by atoms with Gasteiger partial charge in [-0.05, 0) is 31.7 Å². The van der Waals surface area contributed by atoms with E-state index in [1.54, 1.807) is 12.1 Å². The molecule has 2 aromatic rings. The fraction of sp³-hybridized carbons (Fsp3) is 0.316. The van der Waals surface area contributed by atoms with Gasteiger partial charge in [-0.3, -0.25) is 9.69 Å². The SMILES string of the molecule is COc1cc(OC)c(NC(=O)CN(C)C(C)c2ccccc2Cl)cc1Cl. The number of carbonyl (C=O) groups excluding carboxylic acids is 1. The number of halogens is 2. The van der Waals surface area contributed by atoms with Gasteiger partial charge in [-0.2, -0.15) is 0 Å². The van der Waals surface area contributed by atoms with Crippen LogP contribution < -0.4 is 14.8 Å². The molecule has 1 unspecified atom stereocenters. The van der Waals surface area contributed by atoms with E-state index < -0.39 is 0 Å². The van der Waals surface area contributed by atoms with E-state index in [9.17, 15) is 4.79 Å². The molecule has 0 fully saturated rings. The Kier molecular flexibility index (Phi) is 7.14. The van der Waals surface area contributed by atoms with Crippen LogP contribution in [0.15, 0.2) is 36.4 Å². The van der Waals surface area contributed by atoms with Crippen LogP contribution in [0.2, 0.25) is 10.0 Å². The molecule has 0 radical (unpaired) electrons. The van der Waals surface area contributed by atoms with Gasteiger partial charge in [0.2, 0.25) is 5.91 Å². The summed E-state index contributed by atoms with van der Waals surface area (Å²) in [6.07, 6.45) is 0. The first-order chi connectivity index (χ1) is 12.4. The summed E-state index contributed by atoms with van der Waals surface area (Å²) < 4.78 is 10.5. The fourth-order valence-electron chi connectivity index (χ4n) is 2.56. The number of likely N-dealkylation sites (N-methyl/N-ethyl adjacent to an activating group) is 1. The molecule has 7 heteroatoms. The molecule has 0 aromatic heterocycles. The van der Waals surface area contributed by atoms with Gasteiger partial charge in [0.05, 0.1) is 31.5 Å². The summed E-state index contributed by atoms with van der Waals surface area (Å²) >= 11 is 12.4. The van der Waals surface area contributed by atoms with Gasteiger partial charge in [-0.25, -0.2) is 0 Å². The monoisotopic (exact) mass is 396 g/mol. The first-order valence-corrected chi connectivity index (χ1v) is 8.79. The van der Waals surface area contributed by atoms with Crippen molar-refractivity contribution in [1.29, 1.82) is 0 Å². The highest BCUT2D eigenvalue weighted by Crippen LogP contribution is 2.36. The third-order valence-corrected chi connectivity index (χ3v) is 4.80. The molecule has 0 spiro atoms. The highest BCUT2D eigenvalue weighted by atomic mass is 35.5. The van der Waals surface area contributed by atoms with Crippen molar-refractivity contribution in [3.05, 3.63) is 52.0 Å². The largest absolute Gasteiger partial charge is 0.495 e. The van der Waals surface area contributed by atoms with E-state index in [2.05, 4.69) is 5.32 Å². The number of nitrogens with one attached hydrogen (secondary N) is 1. The van der Waals surface area contributed by atoms with E-state index in [4.69, 9.17) is 32.7 Å². The van der Waals surface area contributed by atoms with Gasteiger partial charge in [0, 0.05) is 17.1 Å². The minimum atomic E-state index is -0.189. The zero-order valence-electron chi connectivity index (χ0n) is 15.2. The molecular formula is C19H22Cl2N2O3. The Morgan fingerprint density at radius 1 is 1.12 bits per heavy atom. The minimum Gasteiger partial charge on any atom is -0.495 e. The van der Waals surface area contributed by atoms with Gasteiger partial charge >= 0.3 is 0 Å². The van der Waals surface area contributed by atoms with E-state index in [-0.39, 0.29) is 18.5 Å². The van der Waals surface area contributed by atoms with Crippen molar-refractivity contribution in [3.63, 3.8) is 0 Å². The summed E-state index contributed by atoms with van der Waals surface area (Å²) in [6, 6.07) is 10.8. The predicted molar refractivity (Wildman–Crippen MR) is 106 cm³/mol. The molecule has 1 amide bonds. The van der Waals surface area contributed by atoms with Crippen LogP contribution in [-0.2, 0) is 4.79 Å². The summed E-state index contributed by atoms with van der Waals surface area (Å²) in [7, 11) is 4.90. The van der Waals surface area contributed by atoms with Gasteiger partial charge in [0.1, 0.15) is 11.5 Å². The second-order valence-electron chi connectivity index (χ2n) is 5.85. The maximum Gasteiger partial charge on any atom is 0.238 e. The molecule has 0 bridgehead atoms. The number of ether oxygens (including phenoxy) is 2. The van der Waals surface area contributed by atoms with Gasteiger partial charge in [0.25, 0.3) is 0 Å². The molecule has 0 saturated heterocycles. The van der Waals surface area contributed by atoms with Crippen LogP contribution in [0.4, 0.5) is 5.69 Å². The number of benzene rings is 2. The number of anilines is 1. The number of rotatable bonds is 7. The Morgan fingerprint density at radius 3 is 2.38 bits per heavy atom. The van der Waals surface area contributed by atoms with Gasteiger partial charge in [-0.1, -0.05) is 41.4 Å². The first-order valence-electron chi connectivity index (χ1n) is 8.03. The third kappa shape index (κ3) is 4.81. The molecule has 2 rings (SSSR count). The molecule has 0 heterocycles. The van der Waals surface area contributed by atoms with Crippen LogP contribution in [-0.4, -0.2) is 38.6 Å². The van der Waals surface area contributed by atoms with E-state index in [0.717, 1.165) is 5.56 Å². The van der Waals surface area contributed by atoms with Crippen molar-refractivity contribution in [3.8, 4) is 11.5 Å². The second-order valence-corrected chi connectivity index (χ2v) is 6.66. The Hall–Kier alpha value is -1.95. The summed E-state index contributed by atoms with van der Waals surface area (Å²) in [5, 5.41) is 3.89. The quantitative estimate of drug-likeness (QED) is 0.740. The molecular weight excluding hydrogens is 375 g/mol. The van der Waals surface area contributed by atoms with E-state index in [1.807, 2.05) is 43.1 Å². The lowest BCUT2D eigenvalue weighted by Crippen LogP contribution is -2.32. The van der Waals surface area contributed by atoms with Crippen LogP contribution in [0.5, 0.6) is 11.5 Å². The van der Waals surface area contributed by atoms with Gasteiger partial charge in [0.15, 0.2) is 0 Å². The van der Waals surface area contributed by atoms with Crippen molar-refractivity contribution < 1.29 is 14.3 Å². The minimum absolute atomic E-state index is 0.0178. The van der Waals surface area contributed by atoms with E-state index in [0.29, 0.717) is 27.2 Å². The number of carbonyl (C=O) groups is 1. The summed E-state index contributed by atoms with van der Waals surface area (Å²) in [5.74, 6) is 0.762. The maximum absolute atomic E-state index is 12.5. The predicted octanol–water partition coefficient (Wildman–Crippen LogP) is 4.64. The molecule has 0 saturated carbocycles. The van der Waals surface area contributed by atoms with Crippen LogP contribution in [0.3, 0.4) is 0 Å². The van der Waals surface area contributed by atoms with Crippen molar-refractivity contribution >= 4 is 34.8 Å². The van der Waals surface area contributed by atoms with E-state index >= 15 is 0 Å².